The SMILES string of the molecule is c1ccc(-c2cccc(-c3c(N(c4ccc(-c5ccc6ccccc6c5)cc4)c4ccc5ccccc5c4)c4ccccc4c4ccccc34)c2)cc1. The van der Waals surface area contributed by atoms with E-state index in [1.807, 2.05) is 0 Å². The first kappa shape index (κ1) is 30.8. The van der Waals surface area contributed by atoms with Crippen LogP contribution in [0.4, 0.5) is 17.1 Å². The van der Waals surface area contributed by atoms with E-state index in [4.69, 9.17) is 0 Å². The van der Waals surface area contributed by atoms with Crippen molar-refractivity contribution in [2.75, 3.05) is 4.90 Å². The summed E-state index contributed by atoms with van der Waals surface area (Å²) in [6.07, 6.45) is 0. The van der Waals surface area contributed by atoms with Gasteiger partial charge in [0.2, 0.25) is 0 Å². The van der Waals surface area contributed by atoms with Crippen LogP contribution < -0.4 is 4.90 Å². The Balaban J connectivity index is 1.26. The lowest BCUT2D eigenvalue weighted by Crippen LogP contribution is -2.12. The number of anilines is 3. The molecule has 0 aromatic heterocycles. The van der Waals surface area contributed by atoms with E-state index in [2.05, 4.69) is 217 Å². The van der Waals surface area contributed by atoms with E-state index in [0.29, 0.717) is 0 Å². The Morgan fingerprint density at radius 1 is 0.245 bits per heavy atom. The smallest absolute Gasteiger partial charge is 0.0624 e. The highest BCUT2D eigenvalue weighted by Gasteiger charge is 2.24. The Labute approximate surface area is 309 Å². The van der Waals surface area contributed by atoms with Crippen molar-refractivity contribution in [3.8, 4) is 33.4 Å². The molecule has 0 atom stereocenters. The monoisotopic (exact) mass is 673 g/mol. The molecule has 0 radical (unpaired) electrons. The molecule has 1 heteroatoms. The van der Waals surface area contributed by atoms with Gasteiger partial charge in [-0.3, -0.25) is 0 Å². The highest BCUT2D eigenvalue weighted by molar-refractivity contribution is 6.22. The molecule has 53 heavy (non-hydrogen) atoms. The number of rotatable bonds is 6. The summed E-state index contributed by atoms with van der Waals surface area (Å²) in [4.78, 5) is 2.48. The van der Waals surface area contributed by atoms with E-state index in [9.17, 15) is 0 Å². The van der Waals surface area contributed by atoms with Crippen molar-refractivity contribution >= 4 is 60.2 Å². The zero-order valence-electron chi connectivity index (χ0n) is 29.2. The number of fused-ring (bicyclic) bond motifs is 5. The maximum atomic E-state index is 2.48. The molecule has 0 heterocycles. The molecule has 0 aliphatic heterocycles. The summed E-state index contributed by atoms with van der Waals surface area (Å²) in [5.41, 5.74) is 10.6. The highest BCUT2D eigenvalue weighted by Crippen LogP contribution is 2.50. The van der Waals surface area contributed by atoms with Gasteiger partial charge in [-0.1, -0.05) is 176 Å². The highest BCUT2D eigenvalue weighted by atomic mass is 15.1. The van der Waals surface area contributed by atoms with Gasteiger partial charge in [-0.25, -0.2) is 0 Å². The number of benzene rings is 10. The number of nitrogens with zero attached hydrogens (tertiary/aromatic N) is 1. The van der Waals surface area contributed by atoms with Gasteiger partial charge in [-0.2, -0.15) is 0 Å². The van der Waals surface area contributed by atoms with Crippen LogP contribution in [0.5, 0.6) is 0 Å². The molecule has 0 unspecified atom stereocenters. The molecule has 10 aromatic carbocycles. The van der Waals surface area contributed by atoms with E-state index in [0.717, 1.165) is 11.4 Å². The van der Waals surface area contributed by atoms with Gasteiger partial charge in [0.1, 0.15) is 0 Å². The van der Waals surface area contributed by atoms with Crippen LogP contribution in [-0.2, 0) is 0 Å². The summed E-state index contributed by atoms with van der Waals surface area (Å²) in [6, 6.07) is 77.4. The van der Waals surface area contributed by atoms with Crippen LogP contribution in [0.25, 0.3) is 76.5 Å². The predicted molar refractivity (Wildman–Crippen MR) is 227 cm³/mol. The van der Waals surface area contributed by atoms with Crippen LogP contribution in [0.15, 0.2) is 212 Å². The van der Waals surface area contributed by atoms with Crippen LogP contribution in [0.2, 0.25) is 0 Å². The lowest BCUT2D eigenvalue weighted by molar-refractivity contribution is 1.31. The fourth-order valence-corrected chi connectivity index (χ4v) is 8.03. The first-order valence-electron chi connectivity index (χ1n) is 18.3. The average molecular weight is 674 g/mol. The Bertz CT molecular complexity index is 2940. The van der Waals surface area contributed by atoms with Crippen molar-refractivity contribution in [1.82, 2.24) is 0 Å². The molecule has 10 aromatic rings. The van der Waals surface area contributed by atoms with Gasteiger partial charge in [0.15, 0.2) is 0 Å². The van der Waals surface area contributed by atoms with E-state index in [1.54, 1.807) is 0 Å². The van der Waals surface area contributed by atoms with Crippen LogP contribution in [0.3, 0.4) is 0 Å². The maximum Gasteiger partial charge on any atom is 0.0624 e. The fourth-order valence-electron chi connectivity index (χ4n) is 8.03. The molecule has 0 saturated carbocycles. The molecule has 0 fully saturated rings. The molecule has 0 saturated heterocycles. The summed E-state index contributed by atoms with van der Waals surface area (Å²) >= 11 is 0. The van der Waals surface area contributed by atoms with Crippen LogP contribution in [0, 0.1) is 0 Å². The van der Waals surface area contributed by atoms with Gasteiger partial charge in [-0.05, 0) is 102 Å². The van der Waals surface area contributed by atoms with Gasteiger partial charge >= 0.3 is 0 Å². The molecular weight excluding hydrogens is 639 g/mol. The maximum absolute atomic E-state index is 2.48. The van der Waals surface area contributed by atoms with E-state index in [1.165, 1.54) is 82.2 Å². The summed E-state index contributed by atoms with van der Waals surface area (Å²) in [5.74, 6) is 0. The van der Waals surface area contributed by atoms with E-state index in [-0.39, 0.29) is 0 Å². The Morgan fingerprint density at radius 2 is 0.717 bits per heavy atom. The van der Waals surface area contributed by atoms with Crippen molar-refractivity contribution in [3.63, 3.8) is 0 Å². The summed E-state index contributed by atoms with van der Waals surface area (Å²) in [7, 11) is 0. The van der Waals surface area contributed by atoms with Crippen LogP contribution in [-0.4, -0.2) is 0 Å². The van der Waals surface area contributed by atoms with Crippen LogP contribution in [0.1, 0.15) is 0 Å². The van der Waals surface area contributed by atoms with Crippen molar-refractivity contribution < 1.29 is 0 Å². The number of hydrogen-bond donors (Lipinski definition) is 0. The Hall–Kier alpha value is -6.96. The minimum absolute atomic E-state index is 1.10. The second kappa shape index (κ2) is 13.0. The lowest BCUT2D eigenvalue weighted by Gasteiger charge is -2.31. The van der Waals surface area contributed by atoms with Crippen molar-refractivity contribution in [1.29, 1.82) is 0 Å². The van der Waals surface area contributed by atoms with Gasteiger partial charge < -0.3 is 4.90 Å². The molecule has 10 rings (SSSR count). The van der Waals surface area contributed by atoms with Gasteiger partial charge in [-0.15, -0.1) is 0 Å². The zero-order chi connectivity index (χ0) is 35.1. The normalized spacial score (nSPS) is 11.4. The second-order valence-electron chi connectivity index (χ2n) is 13.7. The summed E-state index contributed by atoms with van der Waals surface area (Å²) < 4.78 is 0. The molecular formula is C52H35N. The number of hydrogen-bond acceptors (Lipinski definition) is 1. The topological polar surface area (TPSA) is 3.24 Å². The molecule has 0 spiro atoms. The third-order valence-corrected chi connectivity index (χ3v) is 10.6. The quantitative estimate of drug-likeness (QED) is 0.159. The predicted octanol–water partition coefficient (Wildman–Crippen LogP) is 14.8. The van der Waals surface area contributed by atoms with E-state index >= 15 is 0 Å². The van der Waals surface area contributed by atoms with Crippen molar-refractivity contribution in [2.24, 2.45) is 0 Å². The summed E-state index contributed by atoms with van der Waals surface area (Å²) in [5, 5.41) is 9.85. The fraction of sp³-hybridized carbons (Fsp3) is 0. The third-order valence-electron chi connectivity index (χ3n) is 10.6. The van der Waals surface area contributed by atoms with Gasteiger partial charge in [0.25, 0.3) is 0 Å². The zero-order valence-corrected chi connectivity index (χ0v) is 29.2. The molecule has 0 aliphatic rings. The average Bonchev–Trinajstić information content (AvgIpc) is 3.24. The van der Waals surface area contributed by atoms with Crippen molar-refractivity contribution in [2.45, 2.75) is 0 Å². The van der Waals surface area contributed by atoms with Gasteiger partial charge in [0.05, 0.1) is 5.69 Å². The second-order valence-corrected chi connectivity index (χ2v) is 13.7. The largest absolute Gasteiger partial charge is 0.309 e. The first-order chi connectivity index (χ1) is 26.3. The molecule has 0 N–H and O–H groups in total. The Kier molecular flexibility index (Phi) is 7.55. The van der Waals surface area contributed by atoms with Crippen molar-refractivity contribution in [3.05, 3.63) is 212 Å². The molecule has 1 nitrogen and oxygen atoms in total. The molecule has 0 bridgehead atoms. The van der Waals surface area contributed by atoms with Crippen LogP contribution >= 0.6 is 0 Å². The lowest BCUT2D eigenvalue weighted by atomic mass is 9.88. The van der Waals surface area contributed by atoms with Gasteiger partial charge in [0, 0.05) is 22.3 Å². The van der Waals surface area contributed by atoms with E-state index < -0.39 is 0 Å². The molecule has 0 amide bonds. The minimum Gasteiger partial charge on any atom is -0.309 e. The Morgan fingerprint density at radius 3 is 1.45 bits per heavy atom. The minimum atomic E-state index is 1.10. The summed E-state index contributed by atoms with van der Waals surface area (Å²) in [6.45, 7) is 0. The molecule has 248 valence electrons. The first-order valence-corrected chi connectivity index (χ1v) is 18.3. The third kappa shape index (κ3) is 5.51. The molecule has 0 aliphatic carbocycles. The standard InChI is InChI=1S/C52H35N/c1-2-13-36(14-3-1)41-19-12-20-44(34-41)51-49-23-10-8-21-47(49)48-22-9-11-24-50(48)52(51)53(46-32-29-38-16-5-7-18-42(38)35-46)45-30-27-39(28-31-45)43-26-25-37-15-4-6-17-40(37)33-43/h1-35H.